The summed E-state index contributed by atoms with van der Waals surface area (Å²) in [5.74, 6) is -0.171. The van der Waals surface area contributed by atoms with Gasteiger partial charge in [-0.05, 0) is 0 Å². The number of carbonyl (C=O) groups is 1. The minimum absolute atomic E-state index is 0.0181. The summed E-state index contributed by atoms with van der Waals surface area (Å²) in [5, 5.41) is 14.8. The zero-order chi connectivity index (χ0) is 16.3. The van der Waals surface area contributed by atoms with Gasteiger partial charge in [0.15, 0.2) is 0 Å². The Morgan fingerprint density at radius 2 is 2.05 bits per heavy atom. The first-order valence-electron chi connectivity index (χ1n) is 6.39. The van der Waals surface area contributed by atoms with Gasteiger partial charge in [0.2, 0.25) is 0 Å². The first-order chi connectivity index (χ1) is 10.4. The fourth-order valence-electron chi connectivity index (χ4n) is 1.67. The number of amidine groups is 1. The number of non-ortho nitro benzene ring substituents is 1. The number of anilines is 1. The van der Waals surface area contributed by atoms with Crippen molar-refractivity contribution < 1.29 is 9.72 Å². The standard InChI is InChI=1S/C13H15N5O3Se/c1-8(11-12(19)14-13(22-11)17(2)3)15-16-9-4-6-10(7-5-9)18(20)21/h4-7,11,16H,1-3H3/b15-8+. The van der Waals surface area contributed by atoms with E-state index < -0.39 is 4.92 Å². The molecule has 1 amide bonds. The Hall–Kier alpha value is -2.25. The van der Waals surface area contributed by atoms with Gasteiger partial charge in [0, 0.05) is 0 Å². The van der Waals surface area contributed by atoms with Crippen LogP contribution in [0.25, 0.3) is 0 Å². The molecule has 0 spiro atoms. The Balaban J connectivity index is 2.01. The van der Waals surface area contributed by atoms with Crippen molar-refractivity contribution in [2.75, 3.05) is 19.5 Å². The number of benzene rings is 1. The van der Waals surface area contributed by atoms with Crippen LogP contribution in [-0.2, 0) is 4.79 Å². The number of nitrogens with zero attached hydrogens (tertiary/aromatic N) is 4. The van der Waals surface area contributed by atoms with Gasteiger partial charge < -0.3 is 0 Å². The first kappa shape index (κ1) is 16.1. The third-order valence-electron chi connectivity index (χ3n) is 2.85. The van der Waals surface area contributed by atoms with Crippen molar-refractivity contribution >= 4 is 42.7 Å². The molecular formula is C13H15N5O3Se. The molecule has 0 fully saturated rings. The molecule has 0 aliphatic carbocycles. The topological polar surface area (TPSA) is 100 Å². The van der Waals surface area contributed by atoms with E-state index in [0.29, 0.717) is 11.4 Å². The molecule has 0 aromatic heterocycles. The van der Waals surface area contributed by atoms with E-state index in [1.54, 1.807) is 19.1 Å². The molecule has 1 atom stereocenters. The molecule has 22 heavy (non-hydrogen) atoms. The van der Waals surface area contributed by atoms with Crippen molar-refractivity contribution in [3.8, 4) is 0 Å². The number of hydrogen-bond donors (Lipinski definition) is 1. The Morgan fingerprint density at radius 1 is 1.41 bits per heavy atom. The number of nitro benzene ring substituents is 1. The van der Waals surface area contributed by atoms with E-state index in [2.05, 4.69) is 15.5 Å². The summed E-state index contributed by atoms with van der Waals surface area (Å²) in [6.45, 7) is 1.77. The van der Waals surface area contributed by atoms with Crippen LogP contribution < -0.4 is 5.43 Å². The normalized spacial score (nSPS) is 18.1. The van der Waals surface area contributed by atoms with E-state index >= 15 is 0 Å². The molecule has 1 heterocycles. The maximum atomic E-state index is 11.9. The average Bonchev–Trinajstić information content (AvgIpc) is 2.87. The van der Waals surface area contributed by atoms with E-state index in [1.807, 2.05) is 19.0 Å². The molecule has 1 aromatic rings. The summed E-state index contributed by atoms with van der Waals surface area (Å²) < 4.78 is 0.799. The monoisotopic (exact) mass is 369 g/mol. The molecule has 8 nitrogen and oxygen atoms in total. The number of hydrogen-bond acceptors (Lipinski definition) is 6. The van der Waals surface area contributed by atoms with Crippen LogP contribution in [0.15, 0.2) is 34.4 Å². The van der Waals surface area contributed by atoms with Gasteiger partial charge in [-0.2, -0.15) is 0 Å². The second kappa shape index (κ2) is 6.67. The van der Waals surface area contributed by atoms with Gasteiger partial charge in [-0.3, -0.25) is 0 Å². The fraction of sp³-hybridized carbons (Fsp3) is 0.308. The molecular weight excluding hydrogens is 353 g/mol. The Labute approximate surface area is 133 Å². The molecule has 0 saturated carbocycles. The van der Waals surface area contributed by atoms with E-state index in [4.69, 9.17) is 0 Å². The van der Waals surface area contributed by atoms with Gasteiger partial charge in [-0.25, -0.2) is 0 Å². The molecule has 116 valence electrons. The third-order valence-corrected chi connectivity index (χ3v) is 5.89. The molecule has 1 aliphatic heterocycles. The molecule has 1 unspecified atom stereocenters. The van der Waals surface area contributed by atoms with Crippen LogP contribution in [0.1, 0.15) is 6.92 Å². The van der Waals surface area contributed by atoms with Gasteiger partial charge in [-0.1, -0.05) is 0 Å². The fourth-order valence-corrected chi connectivity index (χ4v) is 3.65. The number of hydrazone groups is 1. The predicted molar refractivity (Wildman–Crippen MR) is 85.5 cm³/mol. The van der Waals surface area contributed by atoms with E-state index in [9.17, 15) is 14.9 Å². The maximum absolute atomic E-state index is 11.9. The van der Waals surface area contributed by atoms with Crippen LogP contribution in [0.3, 0.4) is 0 Å². The molecule has 1 aliphatic rings. The van der Waals surface area contributed by atoms with Crippen LogP contribution in [0.5, 0.6) is 0 Å². The quantitative estimate of drug-likeness (QED) is 0.374. The number of amides is 1. The SMILES string of the molecule is C/C(=N\Nc1ccc([N+](=O)[O-])cc1)C1[Se]C(N(C)C)=NC1=O. The molecule has 2 rings (SSSR count). The van der Waals surface area contributed by atoms with Crippen molar-refractivity contribution in [2.45, 2.75) is 11.7 Å². The first-order valence-corrected chi connectivity index (χ1v) is 8.24. The van der Waals surface area contributed by atoms with Gasteiger partial charge in [0.25, 0.3) is 0 Å². The van der Waals surface area contributed by atoms with E-state index in [1.165, 1.54) is 12.1 Å². The number of carbonyl (C=O) groups excluding carboxylic acids is 1. The zero-order valence-corrected chi connectivity index (χ0v) is 14.0. The molecule has 1 aromatic carbocycles. The average molecular weight is 368 g/mol. The van der Waals surface area contributed by atoms with Gasteiger partial charge in [-0.15, -0.1) is 0 Å². The third kappa shape index (κ3) is 3.69. The summed E-state index contributed by atoms with van der Waals surface area (Å²) >= 11 is -0.0781. The van der Waals surface area contributed by atoms with Crippen molar-refractivity contribution in [1.29, 1.82) is 0 Å². The van der Waals surface area contributed by atoms with Crippen LogP contribution >= 0.6 is 0 Å². The number of rotatable bonds is 4. The van der Waals surface area contributed by atoms with Crippen molar-refractivity contribution in [2.24, 2.45) is 10.1 Å². The second-order valence-corrected chi connectivity index (χ2v) is 7.04. The van der Waals surface area contributed by atoms with Crippen LogP contribution in [0.4, 0.5) is 11.4 Å². The van der Waals surface area contributed by atoms with Crippen LogP contribution in [0.2, 0.25) is 4.82 Å². The van der Waals surface area contributed by atoms with Gasteiger partial charge >= 0.3 is 133 Å². The van der Waals surface area contributed by atoms with Crippen molar-refractivity contribution in [1.82, 2.24) is 4.90 Å². The summed E-state index contributed by atoms with van der Waals surface area (Å²) in [4.78, 5) is 27.6. The van der Waals surface area contributed by atoms with Crippen molar-refractivity contribution in [3.05, 3.63) is 34.4 Å². The minimum atomic E-state index is -0.460. The van der Waals surface area contributed by atoms with E-state index in [0.717, 1.165) is 4.73 Å². The van der Waals surface area contributed by atoms with E-state index in [-0.39, 0.29) is 31.4 Å². The second-order valence-electron chi connectivity index (χ2n) is 4.79. The van der Waals surface area contributed by atoms with Crippen LogP contribution in [0, 0.1) is 10.1 Å². The number of nitrogens with one attached hydrogen (secondary N) is 1. The number of aliphatic imine (C=N–C) groups is 1. The summed E-state index contributed by atoms with van der Waals surface area (Å²) in [6, 6.07) is 5.92. The zero-order valence-electron chi connectivity index (χ0n) is 12.3. The van der Waals surface area contributed by atoms with Gasteiger partial charge in [0.1, 0.15) is 0 Å². The number of nitro groups is 1. The predicted octanol–water partition coefficient (Wildman–Crippen LogP) is 1.33. The summed E-state index contributed by atoms with van der Waals surface area (Å²) in [7, 11) is 3.72. The van der Waals surface area contributed by atoms with Crippen LogP contribution in [-0.4, -0.2) is 55.2 Å². The molecule has 1 N–H and O–H groups in total. The molecule has 0 radical (unpaired) electrons. The molecule has 0 saturated heterocycles. The summed E-state index contributed by atoms with van der Waals surface area (Å²) in [6.07, 6.45) is 0. The Morgan fingerprint density at radius 3 is 2.55 bits per heavy atom. The van der Waals surface area contributed by atoms with Crippen molar-refractivity contribution in [3.63, 3.8) is 0 Å². The Kier molecular flexibility index (Phi) is 4.89. The summed E-state index contributed by atoms with van der Waals surface area (Å²) in [5.41, 5.74) is 4.11. The molecule has 0 bridgehead atoms. The molecule has 9 heteroatoms. The Bertz CT molecular complexity index is 654. The van der Waals surface area contributed by atoms with Gasteiger partial charge in [0.05, 0.1) is 0 Å².